The summed E-state index contributed by atoms with van der Waals surface area (Å²) >= 11 is 0. The first-order valence-corrected chi connectivity index (χ1v) is 7.76. The number of aromatic nitrogens is 1. The fourth-order valence-electron chi connectivity index (χ4n) is 2.90. The lowest BCUT2D eigenvalue weighted by molar-refractivity contribution is -0.122. The minimum absolute atomic E-state index is 0.0847. The molecule has 8 nitrogen and oxygen atoms in total. The minimum Gasteiger partial charge on any atom is -0.504 e. The van der Waals surface area contributed by atoms with Crippen LogP contribution < -0.4 is 19.7 Å². The van der Waals surface area contributed by atoms with Crippen molar-refractivity contribution in [2.75, 3.05) is 23.6 Å². The van der Waals surface area contributed by atoms with Gasteiger partial charge in [0.25, 0.3) is 0 Å². The lowest BCUT2D eigenvalue weighted by Crippen LogP contribution is -2.28. The molecule has 2 N–H and O–H groups in total. The number of aromatic hydroxyl groups is 1. The number of pyridine rings is 1. The second kappa shape index (κ2) is 5.97. The fraction of sp³-hybridized carbons (Fsp3) is 0.235. The maximum Gasteiger partial charge on any atom is 0.231 e. The smallest absolute Gasteiger partial charge is 0.231 e. The number of amides is 2. The molecule has 2 aliphatic heterocycles. The molecule has 2 amide bonds. The summed E-state index contributed by atoms with van der Waals surface area (Å²) in [5.74, 6) is 0.149. The molecule has 0 bridgehead atoms. The van der Waals surface area contributed by atoms with Crippen molar-refractivity contribution in [3.05, 3.63) is 36.5 Å². The molecule has 3 heterocycles. The van der Waals surface area contributed by atoms with Crippen molar-refractivity contribution < 1.29 is 24.2 Å². The van der Waals surface area contributed by atoms with Crippen LogP contribution >= 0.6 is 0 Å². The monoisotopic (exact) mass is 341 g/mol. The first-order valence-electron chi connectivity index (χ1n) is 7.76. The number of anilines is 2. The van der Waals surface area contributed by atoms with E-state index in [1.54, 1.807) is 29.2 Å². The van der Waals surface area contributed by atoms with E-state index >= 15 is 0 Å². The Kier molecular flexibility index (Phi) is 3.64. The van der Waals surface area contributed by atoms with E-state index in [9.17, 15) is 14.7 Å². The highest BCUT2D eigenvalue weighted by atomic mass is 16.7. The molecular formula is C17H15N3O5. The van der Waals surface area contributed by atoms with Crippen molar-refractivity contribution in [3.8, 4) is 17.2 Å². The van der Waals surface area contributed by atoms with Crippen molar-refractivity contribution in [1.29, 1.82) is 0 Å². The molecule has 25 heavy (non-hydrogen) atoms. The molecular weight excluding hydrogens is 326 g/mol. The van der Waals surface area contributed by atoms with Crippen molar-refractivity contribution in [2.24, 2.45) is 5.92 Å². The first kappa shape index (κ1) is 15.3. The molecule has 1 saturated heterocycles. The van der Waals surface area contributed by atoms with Gasteiger partial charge in [-0.2, -0.15) is 0 Å². The van der Waals surface area contributed by atoms with Gasteiger partial charge in [0.15, 0.2) is 23.1 Å². The number of hydrogen-bond donors (Lipinski definition) is 2. The highest BCUT2D eigenvalue weighted by Crippen LogP contribution is 2.37. The molecule has 1 aromatic heterocycles. The summed E-state index contributed by atoms with van der Waals surface area (Å²) in [7, 11) is 0. The zero-order valence-corrected chi connectivity index (χ0v) is 13.1. The van der Waals surface area contributed by atoms with Gasteiger partial charge in [-0.25, -0.2) is 4.98 Å². The van der Waals surface area contributed by atoms with Gasteiger partial charge in [0.05, 0.1) is 5.92 Å². The predicted octanol–water partition coefficient (Wildman–Crippen LogP) is 1.51. The summed E-state index contributed by atoms with van der Waals surface area (Å²) in [5.41, 5.74) is 0.658. The number of nitrogens with zero attached hydrogens (tertiary/aromatic N) is 2. The third-order valence-corrected chi connectivity index (χ3v) is 4.19. The predicted molar refractivity (Wildman–Crippen MR) is 87.6 cm³/mol. The Morgan fingerprint density at radius 2 is 2.12 bits per heavy atom. The van der Waals surface area contributed by atoms with Gasteiger partial charge >= 0.3 is 0 Å². The van der Waals surface area contributed by atoms with E-state index in [2.05, 4.69) is 10.3 Å². The normalized spacial score (nSPS) is 18.5. The van der Waals surface area contributed by atoms with E-state index in [0.29, 0.717) is 17.2 Å². The molecule has 1 fully saturated rings. The van der Waals surface area contributed by atoms with E-state index in [-0.39, 0.29) is 43.1 Å². The Labute approximate surface area is 143 Å². The summed E-state index contributed by atoms with van der Waals surface area (Å²) < 4.78 is 10.6. The second-order valence-corrected chi connectivity index (χ2v) is 5.80. The number of carbonyl (C=O) groups excluding carboxylic acids is 2. The standard InChI is InChI=1S/C17H15N3O5/c21-12-2-1-5-18-16(12)19-17(23)10-6-15(22)20(8-10)11-3-4-13-14(7-11)25-9-24-13/h1-5,7,10,21H,6,8-9H2,(H,18,19,23)/t10-/m0/s1. The first-order chi connectivity index (χ1) is 12.1. The van der Waals surface area contributed by atoms with Crippen molar-refractivity contribution in [1.82, 2.24) is 4.98 Å². The Balaban J connectivity index is 1.48. The Morgan fingerprint density at radius 1 is 1.28 bits per heavy atom. The third-order valence-electron chi connectivity index (χ3n) is 4.19. The van der Waals surface area contributed by atoms with Gasteiger partial charge in [-0.3, -0.25) is 9.59 Å². The van der Waals surface area contributed by atoms with Gasteiger partial charge in [0.1, 0.15) is 0 Å². The zero-order chi connectivity index (χ0) is 17.4. The van der Waals surface area contributed by atoms with Crippen molar-refractivity contribution in [2.45, 2.75) is 6.42 Å². The number of nitrogens with one attached hydrogen (secondary N) is 1. The largest absolute Gasteiger partial charge is 0.504 e. The summed E-state index contributed by atoms with van der Waals surface area (Å²) in [4.78, 5) is 30.2. The Bertz CT molecular complexity index is 854. The number of rotatable bonds is 3. The number of benzene rings is 1. The lowest BCUT2D eigenvalue weighted by atomic mass is 10.1. The zero-order valence-electron chi connectivity index (χ0n) is 13.1. The van der Waals surface area contributed by atoms with Crippen LogP contribution in [0.1, 0.15) is 6.42 Å². The molecule has 1 aromatic carbocycles. The molecule has 2 aromatic rings. The lowest BCUT2D eigenvalue weighted by Gasteiger charge is -2.17. The van der Waals surface area contributed by atoms with Crippen LogP contribution in [0.3, 0.4) is 0 Å². The molecule has 128 valence electrons. The van der Waals surface area contributed by atoms with Crippen LogP contribution in [-0.2, 0) is 9.59 Å². The maximum atomic E-state index is 12.4. The topological polar surface area (TPSA) is 101 Å². The minimum atomic E-state index is -0.528. The fourth-order valence-corrected chi connectivity index (χ4v) is 2.90. The molecule has 8 heteroatoms. The van der Waals surface area contributed by atoms with Gasteiger partial charge in [-0.1, -0.05) is 0 Å². The highest BCUT2D eigenvalue weighted by Gasteiger charge is 2.36. The quantitative estimate of drug-likeness (QED) is 0.877. The van der Waals surface area contributed by atoms with E-state index in [1.165, 1.54) is 12.3 Å². The number of hydrogen-bond acceptors (Lipinski definition) is 6. The summed E-state index contributed by atoms with van der Waals surface area (Å²) in [6, 6.07) is 8.22. The maximum absolute atomic E-state index is 12.4. The van der Waals surface area contributed by atoms with Crippen LogP contribution in [-0.4, -0.2) is 35.2 Å². The highest BCUT2D eigenvalue weighted by molar-refractivity contribution is 6.03. The van der Waals surface area contributed by atoms with Crippen LogP contribution in [0.2, 0.25) is 0 Å². The number of carbonyl (C=O) groups is 2. The van der Waals surface area contributed by atoms with Crippen LogP contribution in [0, 0.1) is 5.92 Å². The molecule has 0 aliphatic carbocycles. The average Bonchev–Trinajstić information content (AvgIpc) is 3.22. The molecule has 0 radical (unpaired) electrons. The molecule has 0 unspecified atom stereocenters. The summed E-state index contributed by atoms with van der Waals surface area (Å²) in [6.45, 7) is 0.406. The number of ether oxygens (including phenoxy) is 2. The van der Waals surface area contributed by atoms with Gasteiger partial charge in [0.2, 0.25) is 18.6 Å². The van der Waals surface area contributed by atoms with Gasteiger partial charge in [-0.15, -0.1) is 0 Å². The van der Waals surface area contributed by atoms with Crippen molar-refractivity contribution >= 4 is 23.3 Å². The molecule has 2 aliphatic rings. The average molecular weight is 341 g/mol. The van der Waals surface area contributed by atoms with Gasteiger partial charge < -0.3 is 24.8 Å². The number of fused-ring (bicyclic) bond motifs is 1. The van der Waals surface area contributed by atoms with Crippen LogP contribution in [0.25, 0.3) is 0 Å². The molecule has 1 atom stereocenters. The summed E-state index contributed by atoms with van der Waals surface area (Å²) in [5, 5.41) is 12.3. The Hall–Kier alpha value is -3.29. The van der Waals surface area contributed by atoms with Crippen LogP contribution in [0.4, 0.5) is 11.5 Å². The van der Waals surface area contributed by atoms with E-state index in [0.717, 1.165) is 0 Å². The van der Waals surface area contributed by atoms with Crippen molar-refractivity contribution in [3.63, 3.8) is 0 Å². The van der Waals surface area contributed by atoms with Gasteiger partial charge in [-0.05, 0) is 24.3 Å². The van der Waals surface area contributed by atoms with Crippen LogP contribution in [0.15, 0.2) is 36.5 Å². The summed E-state index contributed by atoms with van der Waals surface area (Å²) in [6.07, 6.45) is 1.56. The van der Waals surface area contributed by atoms with E-state index in [4.69, 9.17) is 9.47 Å². The van der Waals surface area contributed by atoms with Gasteiger partial charge in [0, 0.05) is 30.9 Å². The van der Waals surface area contributed by atoms with E-state index < -0.39 is 5.92 Å². The molecule has 0 saturated carbocycles. The SMILES string of the molecule is O=C(Nc1ncccc1O)[C@H]1CC(=O)N(c2ccc3c(c2)OCO3)C1. The van der Waals surface area contributed by atoms with Crippen LogP contribution in [0.5, 0.6) is 17.2 Å². The molecule has 4 rings (SSSR count). The Morgan fingerprint density at radius 3 is 2.96 bits per heavy atom. The molecule has 0 spiro atoms. The second-order valence-electron chi connectivity index (χ2n) is 5.80. The third kappa shape index (κ3) is 2.82. The van der Waals surface area contributed by atoms with E-state index in [1.807, 2.05) is 0 Å².